The van der Waals surface area contributed by atoms with E-state index in [4.69, 9.17) is 5.26 Å². The number of nitrogens with zero attached hydrogens (tertiary/aromatic N) is 5. The molecule has 1 saturated carbocycles. The van der Waals surface area contributed by atoms with E-state index in [0.29, 0.717) is 25.2 Å². The summed E-state index contributed by atoms with van der Waals surface area (Å²) >= 11 is 0. The van der Waals surface area contributed by atoms with Gasteiger partial charge in [0.05, 0.1) is 6.42 Å². The molecular weight excluding hydrogens is 326 g/mol. The van der Waals surface area contributed by atoms with Gasteiger partial charge in [0.1, 0.15) is 6.07 Å². The third kappa shape index (κ3) is 3.67. The third-order valence-corrected chi connectivity index (χ3v) is 5.11. The number of aromatic nitrogens is 2. The monoisotopic (exact) mass is 347 g/mol. The lowest BCUT2D eigenvalue weighted by Gasteiger charge is -2.35. The molecule has 4 rings (SSSR count). The Morgan fingerprint density at radius 2 is 1.77 bits per heavy atom. The van der Waals surface area contributed by atoms with E-state index in [-0.39, 0.29) is 5.91 Å². The number of anilines is 1. The van der Waals surface area contributed by atoms with Gasteiger partial charge in [-0.3, -0.25) is 4.79 Å². The van der Waals surface area contributed by atoms with Crippen LogP contribution in [0.1, 0.15) is 35.6 Å². The van der Waals surface area contributed by atoms with Crippen molar-refractivity contribution in [1.29, 1.82) is 5.26 Å². The van der Waals surface area contributed by atoms with Crippen molar-refractivity contribution in [3.63, 3.8) is 0 Å². The van der Waals surface area contributed by atoms with E-state index in [9.17, 15) is 4.79 Å². The second-order valence-corrected chi connectivity index (χ2v) is 6.95. The van der Waals surface area contributed by atoms with Gasteiger partial charge in [-0.25, -0.2) is 0 Å². The van der Waals surface area contributed by atoms with Crippen LogP contribution in [0.5, 0.6) is 0 Å². The molecule has 132 valence electrons. The van der Waals surface area contributed by atoms with Crippen LogP contribution in [0.3, 0.4) is 0 Å². The van der Waals surface area contributed by atoms with Gasteiger partial charge >= 0.3 is 0 Å². The van der Waals surface area contributed by atoms with Crippen LogP contribution in [0.2, 0.25) is 0 Å². The molecule has 0 radical (unpaired) electrons. The maximum Gasteiger partial charge on any atom is 0.227 e. The van der Waals surface area contributed by atoms with Crippen molar-refractivity contribution in [2.45, 2.75) is 25.2 Å². The number of carbonyl (C=O) groups excluding carboxylic acids is 1. The second-order valence-electron chi connectivity index (χ2n) is 6.95. The molecule has 0 spiro atoms. The first-order valence-corrected chi connectivity index (χ1v) is 9.08. The summed E-state index contributed by atoms with van der Waals surface area (Å²) in [6, 6.07) is 14.0. The van der Waals surface area contributed by atoms with Crippen molar-refractivity contribution in [3.8, 4) is 6.07 Å². The molecule has 0 atom stereocenters. The molecule has 0 bridgehead atoms. The first-order valence-electron chi connectivity index (χ1n) is 9.08. The quantitative estimate of drug-likeness (QED) is 0.847. The Kier molecular flexibility index (Phi) is 4.53. The van der Waals surface area contributed by atoms with Crippen LogP contribution in [0.15, 0.2) is 36.4 Å². The van der Waals surface area contributed by atoms with Gasteiger partial charge < -0.3 is 9.80 Å². The number of benzene rings is 1. The second kappa shape index (κ2) is 7.12. The highest BCUT2D eigenvalue weighted by Crippen LogP contribution is 2.39. The Labute approximate surface area is 153 Å². The minimum absolute atomic E-state index is 0.176. The van der Waals surface area contributed by atoms with Crippen molar-refractivity contribution in [1.82, 2.24) is 15.1 Å². The molecule has 6 nitrogen and oxygen atoms in total. The maximum absolute atomic E-state index is 12.6. The first kappa shape index (κ1) is 16.5. The van der Waals surface area contributed by atoms with E-state index in [2.05, 4.69) is 39.4 Å². The van der Waals surface area contributed by atoms with E-state index >= 15 is 0 Å². The molecule has 1 amide bonds. The molecular formula is C20H21N5O. The average Bonchev–Trinajstić information content (AvgIpc) is 3.54. The number of rotatable bonds is 4. The molecule has 6 heteroatoms. The molecule has 2 aromatic rings. The highest BCUT2D eigenvalue weighted by Gasteiger charge is 2.24. The number of piperazine rings is 1. The number of carbonyl (C=O) groups is 1. The van der Waals surface area contributed by atoms with Crippen LogP contribution in [-0.2, 0) is 11.2 Å². The number of hydrogen-bond acceptors (Lipinski definition) is 5. The predicted molar refractivity (Wildman–Crippen MR) is 97.7 cm³/mol. The lowest BCUT2D eigenvalue weighted by molar-refractivity contribution is -0.130. The Morgan fingerprint density at radius 3 is 2.35 bits per heavy atom. The van der Waals surface area contributed by atoms with Crippen molar-refractivity contribution in [2.75, 3.05) is 31.1 Å². The minimum atomic E-state index is 0.176. The fraction of sp³-hybridized carbons (Fsp3) is 0.400. The molecule has 26 heavy (non-hydrogen) atoms. The fourth-order valence-electron chi connectivity index (χ4n) is 3.35. The van der Waals surface area contributed by atoms with Gasteiger partial charge in [0.15, 0.2) is 11.5 Å². The van der Waals surface area contributed by atoms with Crippen LogP contribution >= 0.6 is 0 Å². The zero-order chi connectivity index (χ0) is 17.9. The van der Waals surface area contributed by atoms with Crippen molar-refractivity contribution < 1.29 is 4.79 Å². The van der Waals surface area contributed by atoms with Gasteiger partial charge in [-0.2, -0.15) is 5.26 Å². The summed E-state index contributed by atoms with van der Waals surface area (Å²) in [7, 11) is 0. The molecule has 1 aliphatic carbocycles. The molecule has 1 aromatic carbocycles. The zero-order valence-electron chi connectivity index (χ0n) is 14.6. The third-order valence-electron chi connectivity index (χ3n) is 5.11. The molecule has 1 saturated heterocycles. The summed E-state index contributed by atoms with van der Waals surface area (Å²) in [6.45, 7) is 2.82. The molecule has 2 heterocycles. The van der Waals surface area contributed by atoms with E-state index in [0.717, 1.165) is 30.4 Å². The van der Waals surface area contributed by atoms with E-state index in [1.54, 1.807) is 6.07 Å². The number of amides is 1. The smallest absolute Gasteiger partial charge is 0.227 e. The summed E-state index contributed by atoms with van der Waals surface area (Å²) in [5.41, 5.74) is 2.80. The lowest BCUT2D eigenvalue weighted by atomic mass is 10.1. The van der Waals surface area contributed by atoms with Crippen LogP contribution < -0.4 is 4.90 Å². The van der Waals surface area contributed by atoms with E-state index in [1.165, 1.54) is 18.4 Å². The summed E-state index contributed by atoms with van der Waals surface area (Å²) in [6.07, 6.45) is 3.06. The normalized spacial score (nSPS) is 17.0. The summed E-state index contributed by atoms with van der Waals surface area (Å²) < 4.78 is 0. The van der Waals surface area contributed by atoms with Gasteiger partial charge in [0.2, 0.25) is 5.91 Å². The van der Waals surface area contributed by atoms with Crippen molar-refractivity contribution >= 4 is 11.7 Å². The summed E-state index contributed by atoms with van der Waals surface area (Å²) in [5.74, 6) is 1.68. The molecule has 2 aliphatic rings. The first-order chi connectivity index (χ1) is 12.7. The SMILES string of the molecule is N#Cc1ccc(N2CCN(C(=O)Cc3ccc(C4CC4)cc3)CC2)nn1. The lowest BCUT2D eigenvalue weighted by Crippen LogP contribution is -2.49. The molecule has 0 N–H and O–H groups in total. The predicted octanol–water partition coefficient (Wildman–Crippen LogP) is 2.12. The van der Waals surface area contributed by atoms with E-state index < -0.39 is 0 Å². The molecule has 0 unspecified atom stereocenters. The summed E-state index contributed by atoms with van der Waals surface area (Å²) in [5, 5.41) is 16.8. The molecule has 1 aliphatic heterocycles. The van der Waals surface area contributed by atoms with Crippen LogP contribution in [0, 0.1) is 11.3 Å². The van der Waals surface area contributed by atoms with Gasteiger partial charge in [-0.15, -0.1) is 10.2 Å². The molecule has 2 fully saturated rings. The van der Waals surface area contributed by atoms with E-state index in [1.807, 2.05) is 17.0 Å². The standard InChI is InChI=1S/C20H21N5O/c21-14-18-7-8-19(23-22-18)24-9-11-25(12-10-24)20(26)13-15-1-3-16(4-2-15)17-5-6-17/h1-4,7-8,17H,5-6,9-13H2. The maximum atomic E-state index is 12.6. The van der Waals surface area contributed by atoms with Crippen molar-refractivity contribution in [3.05, 3.63) is 53.2 Å². The highest BCUT2D eigenvalue weighted by molar-refractivity contribution is 5.79. The fourth-order valence-corrected chi connectivity index (χ4v) is 3.35. The Morgan fingerprint density at radius 1 is 1.04 bits per heavy atom. The van der Waals surface area contributed by atoms with Gasteiger partial charge in [-0.05, 0) is 42.0 Å². The Hall–Kier alpha value is -2.94. The van der Waals surface area contributed by atoms with Crippen LogP contribution in [-0.4, -0.2) is 47.2 Å². The topological polar surface area (TPSA) is 73.1 Å². The van der Waals surface area contributed by atoms with Crippen LogP contribution in [0.4, 0.5) is 5.82 Å². The average molecular weight is 347 g/mol. The summed E-state index contributed by atoms with van der Waals surface area (Å²) in [4.78, 5) is 16.6. The number of hydrogen-bond donors (Lipinski definition) is 0. The van der Waals surface area contributed by atoms with Gasteiger partial charge in [-0.1, -0.05) is 24.3 Å². The van der Waals surface area contributed by atoms with Crippen LogP contribution in [0.25, 0.3) is 0 Å². The largest absolute Gasteiger partial charge is 0.352 e. The Bertz CT molecular complexity index is 813. The van der Waals surface area contributed by atoms with Gasteiger partial charge in [0.25, 0.3) is 0 Å². The highest BCUT2D eigenvalue weighted by atomic mass is 16.2. The Balaban J connectivity index is 1.30. The number of nitriles is 1. The van der Waals surface area contributed by atoms with Gasteiger partial charge in [0, 0.05) is 26.2 Å². The van der Waals surface area contributed by atoms with Crippen molar-refractivity contribution in [2.24, 2.45) is 0 Å². The minimum Gasteiger partial charge on any atom is -0.352 e. The zero-order valence-corrected chi connectivity index (χ0v) is 14.6. The molecule has 1 aromatic heterocycles.